The molecule has 0 saturated carbocycles. The molecule has 0 amide bonds. The first kappa shape index (κ1) is 20.0. The normalized spacial score (nSPS) is 7.16. The number of hydrogen-bond acceptors (Lipinski definition) is 0. The molecular formula is C18H18Zr. The zero-order valence-electron chi connectivity index (χ0n) is 11.2. The van der Waals surface area contributed by atoms with Gasteiger partial charge in [0, 0.05) is 0 Å². The van der Waals surface area contributed by atoms with E-state index in [1.165, 1.54) is 0 Å². The molecule has 0 unspecified atom stereocenters. The van der Waals surface area contributed by atoms with Gasteiger partial charge in [-0.15, -0.1) is 0 Å². The van der Waals surface area contributed by atoms with Crippen LogP contribution < -0.4 is 0 Å². The molecular weight excluding hydrogens is 307 g/mol. The SMILES string of the molecule is [CH3-].[Zr+4].[c-]1ccccc1.[c-]1ccccc1.c1cc[cH-]c1. The molecule has 0 spiro atoms. The maximum atomic E-state index is 2.89. The van der Waals surface area contributed by atoms with Gasteiger partial charge in [-0.25, -0.2) is 12.1 Å². The van der Waals surface area contributed by atoms with E-state index in [1.54, 1.807) is 0 Å². The number of benzene rings is 2. The van der Waals surface area contributed by atoms with Gasteiger partial charge in [0.25, 0.3) is 0 Å². The monoisotopic (exact) mass is 324 g/mol. The molecule has 0 atom stereocenters. The summed E-state index contributed by atoms with van der Waals surface area (Å²) in [7, 11) is 0. The predicted molar refractivity (Wildman–Crippen MR) is 79.0 cm³/mol. The van der Waals surface area contributed by atoms with E-state index in [2.05, 4.69) is 12.1 Å². The molecule has 0 aliphatic rings. The van der Waals surface area contributed by atoms with Crippen molar-refractivity contribution in [3.63, 3.8) is 0 Å². The number of hydrogen-bond donors (Lipinski definition) is 0. The fourth-order valence-corrected chi connectivity index (χ4v) is 1.00. The minimum atomic E-state index is 0. The zero-order chi connectivity index (χ0) is 12.0. The average Bonchev–Trinajstić information content (AvgIpc) is 3.03. The molecule has 3 aromatic rings. The van der Waals surface area contributed by atoms with Crippen LogP contribution in [-0.4, -0.2) is 0 Å². The van der Waals surface area contributed by atoms with Gasteiger partial charge in [0.1, 0.15) is 0 Å². The summed E-state index contributed by atoms with van der Waals surface area (Å²) in [5.74, 6) is 0. The van der Waals surface area contributed by atoms with Gasteiger partial charge < -0.3 is 7.43 Å². The average molecular weight is 326 g/mol. The second kappa shape index (κ2) is 16.7. The van der Waals surface area contributed by atoms with Crippen LogP contribution in [0.1, 0.15) is 0 Å². The fraction of sp³-hybridized carbons (Fsp3) is 0. The van der Waals surface area contributed by atoms with Crippen molar-refractivity contribution in [1.82, 2.24) is 0 Å². The molecule has 0 radical (unpaired) electrons. The first-order valence-corrected chi connectivity index (χ1v) is 5.49. The Morgan fingerprint density at radius 3 is 1.00 bits per heavy atom. The van der Waals surface area contributed by atoms with E-state index in [0.717, 1.165) is 0 Å². The first-order chi connectivity index (χ1) is 8.50. The van der Waals surface area contributed by atoms with Crippen LogP contribution >= 0.6 is 0 Å². The van der Waals surface area contributed by atoms with Crippen molar-refractivity contribution in [2.45, 2.75) is 0 Å². The maximum Gasteiger partial charge on any atom is 4.00 e. The number of rotatable bonds is 0. The molecule has 94 valence electrons. The van der Waals surface area contributed by atoms with E-state index < -0.39 is 0 Å². The van der Waals surface area contributed by atoms with Crippen molar-refractivity contribution in [2.75, 3.05) is 0 Å². The van der Waals surface area contributed by atoms with Crippen LogP contribution in [0.2, 0.25) is 0 Å². The van der Waals surface area contributed by atoms with Crippen molar-refractivity contribution in [3.8, 4) is 0 Å². The Balaban J connectivity index is 0. The molecule has 0 aliphatic heterocycles. The van der Waals surface area contributed by atoms with Gasteiger partial charge in [-0.05, 0) is 0 Å². The first-order valence-electron chi connectivity index (χ1n) is 5.49. The summed E-state index contributed by atoms with van der Waals surface area (Å²) in [5.41, 5.74) is 0. The molecule has 0 N–H and O–H groups in total. The van der Waals surface area contributed by atoms with Crippen molar-refractivity contribution in [3.05, 3.63) is 111 Å². The summed E-state index contributed by atoms with van der Waals surface area (Å²) < 4.78 is 0. The Morgan fingerprint density at radius 2 is 0.895 bits per heavy atom. The van der Waals surface area contributed by atoms with Gasteiger partial charge in [0.2, 0.25) is 0 Å². The summed E-state index contributed by atoms with van der Waals surface area (Å²) in [6.45, 7) is 0. The molecule has 0 bridgehead atoms. The van der Waals surface area contributed by atoms with E-state index in [1.807, 2.05) is 91.0 Å². The Bertz CT molecular complexity index is 316. The zero-order valence-corrected chi connectivity index (χ0v) is 13.6. The minimum absolute atomic E-state index is 0. The van der Waals surface area contributed by atoms with Gasteiger partial charge in [0.05, 0.1) is 0 Å². The van der Waals surface area contributed by atoms with E-state index in [4.69, 9.17) is 0 Å². The van der Waals surface area contributed by atoms with Crippen LogP contribution in [0.25, 0.3) is 0 Å². The van der Waals surface area contributed by atoms with Crippen LogP contribution in [0.3, 0.4) is 0 Å². The molecule has 0 fully saturated rings. The fourth-order valence-electron chi connectivity index (χ4n) is 1.00. The molecule has 3 rings (SSSR count). The predicted octanol–water partition coefficient (Wildman–Crippen LogP) is 4.83. The van der Waals surface area contributed by atoms with Crippen molar-refractivity contribution < 1.29 is 26.2 Å². The van der Waals surface area contributed by atoms with Gasteiger partial charge >= 0.3 is 26.2 Å². The van der Waals surface area contributed by atoms with Crippen LogP contribution in [0.15, 0.2) is 91.0 Å². The summed E-state index contributed by atoms with van der Waals surface area (Å²) >= 11 is 0. The Labute approximate surface area is 136 Å². The van der Waals surface area contributed by atoms with Crippen LogP contribution in [0.5, 0.6) is 0 Å². The topological polar surface area (TPSA) is 0 Å². The van der Waals surface area contributed by atoms with E-state index >= 15 is 0 Å². The van der Waals surface area contributed by atoms with Crippen LogP contribution in [0, 0.1) is 19.6 Å². The summed E-state index contributed by atoms with van der Waals surface area (Å²) in [4.78, 5) is 0. The smallest absolute Gasteiger partial charge is 0.358 e. The third-order valence-electron chi connectivity index (χ3n) is 1.77. The van der Waals surface area contributed by atoms with Gasteiger partial charge in [-0.2, -0.15) is 91.0 Å². The minimum Gasteiger partial charge on any atom is -0.358 e. The van der Waals surface area contributed by atoms with Gasteiger partial charge in [-0.1, -0.05) is 0 Å². The third-order valence-corrected chi connectivity index (χ3v) is 1.77. The quantitative estimate of drug-likeness (QED) is 0.520. The van der Waals surface area contributed by atoms with E-state index in [0.29, 0.717) is 0 Å². The van der Waals surface area contributed by atoms with Crippen molar-refractivity contribution >= 4 is 0 Å². The standard InChI is InChI=1S/2C6H5.C5H5.CH3.Zr/c2*1-2-4-6-5-3-1;1-2-4-5-3-1;;/h2*1-5H;1-5H;1H3;/q4*-1;+4. The third kappa shape index (κ3) is 14.6. The molecule has 0 saturated heterocycles. The summed E-state index contributed by atoms with van der Waals surface area (Å²) in [6, 6.07) is 35.0. The molecule has 1 heteroatoms. The van der Waals surface area contributed by atoms with Crippen molar-refractivity contribution in [1.29, 1.82) is 0 Å². The van der Waals surface area contributed by atoms with Gasteiger partial charge in [-0.3, -0.25) is 0 Å². The largest absolute Gasteiger partial charge is 4.00 e. The second-order valence-electron chi connectivity index (χ2n) is 3.12. The molecule has 19 heavy (non-hydrogen) atoms. The summed E-state index contributed by atoms with van der Waals surface area (Å²) in [5, 5.41) is 0. The van der Waals surface area contributed by atoms with Crippen molar-refractivity contribution in [2.24, 2.45) is 0 Å². The second-order valence-corrected chi connectivity index (χ2v) is 3.12. The molecule has 0 aliphatic carbocycles. The van der Waals surface area contributed by atoms with Crippen LogP contribution in [0.4, 0.5) is 0 Å². The van der Waals surface area contributed by atoms with E-state index in [9.17, 15) is 0 Å². The summed E-state index contributed by atoms with van der Waals surface area (Å²) in [6.07, 6.45) is 0. The Hall–Kier alpha value is -1.33. The molecule has 0 aromatic heterocycles. The maximum absolute atomic E-state index is 2.89. The Kier molecular flexibility index (Phi) is 17.6. The van der Waals surface area contributed by atoms with Crippen LogP contribution in [-0.2, 0) is 26.2 Å². The molecule has 3 aromatic carbocycles. The molecule has 0 heterocycles. The Morgan fingerprint density at radius 1 is 0.526 bits per heavy atom. The molecule has 0 nitrogen and oxygen atoms in total. The van der Waals surface area contributed by atoms with Gasteiger partial charge in [0.15, 0.2) is 0 Å². The van der Waals surface area contributed by atoms with E-state index in [-0.39, 0.29) is 33.6 Å².